The van der Waals surface area contributed by atoms with Crippen molar-refractivity contribution in [1.29, 1.82) is 0 Å². The number of nitrogens with one attached hydrogen (secondary N) is 2. The van der Waals surface area contributed by atoms with E-state index in [2.05, 4.69) is 10.6 Å². The zero-order chi connectivity index (χ0) is 23.1. The van der Waals surface area contributed by atoms with E-state index in [1.165, 1.54) is 0 Å². The van der Waals surface area contributed by atoms with Gasteiger partial charge in [0.1, 0.15) is 0 Å². The third-order valence-electron chi connectivity index (χ3n) is 4.76. The topological polar surface area (TPSA) is 85.9 Å². The van der Waals surface area contributed by atoms with Crippen LogP contribution in [0.4, 0.5) is 4.79 Å². The van der Waals surface area contributed by atoms with Crippen LogP contribution in [0.1, 0.15) is 51.3 Å². The van der Waals surface area contributed by atoms with Crippen molar-refractivity contribution >= 4 is 17.7 Å². The molecule has 2 N–H and O–H groups in total. The van der Waals surface area contributed by atoms with Crippen LogP contribution in [0.15, 0.2) is 54.1 Å². The highest BCUT2D eigenvalue weighted by Crippen LogP contribution is 2.36. The Morgan fingerprint density at radius 1 is 1.03 bits per heavy atom. The van der Waals surface area contributed by atoms with Crippen molar-refractivity contribution in [2.24, 2.45) is 0 Å². The first-order valence-electron chi connectivity index (χ1n) is 10.9. The smallest absolute Gasteiger partial charge is 0.338 e. The number of hydrogen-bond acceptors (Lipinski definition) is 5. The molecular weight excluding hydrogens is 408 g/mol. The largest absolute Gasteiger partial charge is 0.490 e. The standard InChI is InChI=1S/C25H30N2O5/c1-5-14-31-19-13-12-18(15-20(19)30-6-2)23-21(24(28)32-16(3)4)22(26-25(29)27-23)17-10-8-7-9-11-17/h7-13,15-16,23H,5-6,14H2,1-4H3,(H2,26,27,29). The van der Waals surface area contributed by atoms with Crippen LogP contribution < -0.4 is 20.1 Å². The molecule has 1 aliphatic heterocycles. The lowest BCUT2D eigenvalue weighted by atomic mass is 9.92. The highest BCUT2D eigenvalue weighted by molar-refractivity contribution is 6.04. The van der Waals surface area contributed by atoms with Gasteiger partial charge in [-0.2, -0.15) is 0 Å². The molecule has 2 aromatic carbocycles. The maximum Gasteiger partial charge on any atom is 0.338 e. The maximum absolute atomic E-state index is 13.2. The van der Waals surface area contributed by atoms with Crippen LogP contribution >= 0.6 is 0 Å². The van der Waals surface area contributed by atoms with Gasteiger partial charge in [0.15, 0.2) is 11.5 Å². The monoisotopic (exact) mass is 438 g/mol. The van der Waals surface area contributed by atoms with Gasteiger partial charge >= 0.3 is 12.0 Å². The molecule has 7 nitrogen and oxygen atoms in total. The number of urea groups is 1. The van der Waals surface area contributed by atoms with Crippen molar-refractivity contribution in [2.45, 2.75) is 46.3 Å². The number of benzene rings is 2. The van der Waals surface area contributed by atoms with E-state index in [1.807, 2.05) is 50.2 Å². The van der Waals surface area contributed by atoms with E-state index in [0.29, 0.717) is 41.5 Å². The first kappa shape index (κ1) is 23.2. The molecule has 1 unspecified atom stereocenters. The van der Waals surface area contributed by atoms with E-state index in [1.54, 1.807) is 26.0 Å². The van der Waals surface area contributed by atoms with Crippen molar-refractivity contribution < 1.29 is 23.8 Å². The second kappa shape index (κ2) is 10.7. The van der Waals surface area contributed by atoms with Crippen LogP contribution in [-0.2, 0) is 9.53 Å². The summed E-state index contributed by atoms with van der Waals surface area (Å²) in [7, 11) is 0. The fourth-order valence-corrected chi connectivity index (χ4v) is 3.45. The second-order valence-electron chi connectivity index (χ2n) is 7.63. The van der Waals surface area contributed by atoms with Crippen molar-refractivity contribution in [3.63, 3.8) is 0 Å². The van der Waals surface area contributed by atoms with E-state index >= 15 is 0 Å². The van der Waals surface area contributed by atoms with Gasteiger partial charge in [-0.05, 0) is 50.5 Å². The predicted octanol–water partition coefficient (Wildman–Crippen LogP) is 4.59. The summed E-state index contributed by atoms with van der Waals surface area (Å²) in [6, 6.07) is 13.6. The normalized spacial score (nSPS) is 15.8. The Balaban J connectivity index is 2.12. The van der Waals surface area contributed by atoms with Gasteiger partial charge in [0, 0.05) is 0 Å². The Hall–Kier alpha value is -3.48. The maximum atomic E-state index is 13.2. The number of esters is 1. The van der Waals surface area contributed by atoms with Crippen molar-refractivity contribution in [3.05, 3.63) is 65.2 Å². The summed E-state index contributed by atoms with van der Waals surface area (Å²) in [5.74, 6) is 0.681. The molecule has 0 radical (unpaired) electrons. The Morgan fingerprint density at radius 2 is 1.78 bits per heavy atom. The number of carbonyl (C=O) groups excluding carboxylic acids is 2. The zero-order valence-electron chi connectivity index (χ0n) is 18.9. The van der Waals surface area contributed by atoms with E-state index in [-0.39, 0.29) is 6.10 Å². The molecule has 2 amide bonds. The summed E-state index contributed by atoms with van der Waals surface area (Å²) in [5.41, 5.74) is 2.16. The Morgan fingerprint density at radius 3 is 2.44 bits per heavy atom. The molecule has 0 saturated heterocycles. The number of ether oxygens (including phenoxy) is 3. The SMILES string of the molecule is CCCOc1ccc(C2NC(=O)NC(c3ccccc3)=C2C(=O)OC(C)C)cc1OCC. The molecule has 0 spiro atoms. The zero-order valence-corrected chi connectivity index (χ0v) is 18.9. The molecule has 0 bridgehead atoms. The van der Waals surface area contributed by atoms with E-state index in [0.717, 1.165) is 12.0 Å². The summed E-state index contributed by atoms with van der Waals surface area (Å²) < 4.78 is 17.1. The van der Waals surface area contributed by atoms with Gasteiger partial charge in [0.2, 0.25) is 0 Å². The predicted molar refractivity (Wildman–Crippen MR) is 122 cm³/mol. The fraction of sp³-hybridized carbons (Fsp3) is 0.360. The highest BCUT2D eigenvalue weighted by atomic mass is 16.5. The number of rotatable bonds is 9. The van der Waals surface area contributed by atoms with Crippen LogP contribution in [0.3, 0.4) is 0 Å². The lowest BCUT2D eigenvalue weighted by Gasteiger charge is -2.30. The van der Waals surface area contributed by atoms with E-state index < -0.39 is 18.0 Å². The van der Waals surface area contributed by atoms with Crippen LogP contribution in [0.25, 0.3) is 5.70 Å². The van der Waals surface area contributed by atoms with E-state index in [4.69, 9.17) is 14.2 Å². The summed E-state index contributed by atoms with van der Waals surface area (Å²) >= 11 is 0. The first-order chi connectivity index (χ1) is 15.4. The molecular formula is C25H30N2O5. The van der Waals surface area contributed by atoms with Crippen LogP contribution in [0, 0.1) is 0 Å². The van der Waals surface area contributed by atoms with Crippen LogP contribution in [0.5, 0.6) is 11.5 Å². The molecule has 1 aliphatic rings. The Kier molecular flexibility index (Phi) is 7.76. The fourth-order valence-electron chi connectivity index (χ4n) is 3.45. The number of carbonyl (C=O) groups is 2. The molecule has 1 atom stereocenters. The van der Waals surface area contributed by atoms with Gasteiger partial charge in [-0.3, -0.25) is 0 Å². The van der Waals surface area contributed by atoms with Crippen LogP contribution in [-0.4, -0.2) is 31.3 Å². The van der Waals surface area contributed by atoms with Gasteiger partial charge in [-0.1, -0.05) is 43.3 Å². The van der Waals surface area contributed by atoms with Crippen LogP contribution in [0.2, 0.25) is 0 Å². The van der Waals surface area contributed by atoms with Crippen molar-refractivity contribution in [3.8, 4) is 11.5 Å². The lowest BCUT2D eigenvalue weighted by Crippen LogP contribution is -2.45. The summed E-state index contributed by atoms with van der Waals surface area (Å²) in [5, 5.41) is 5.65. The van der Waals surface area contributed by atoms with Gasteiger partial charge < -0.3 is 24.8 Å². The second-order valence-corrected chi connectivity index (χ2v) is 7.63. The Bertz CT molecular complexity index is 985. The lowest BCUT2D eigenvalue weighted by molar-refractivity contribution is -0.143. The summed E-state index contributed by atoms with van der Waals surface area (Å²) in [4.78, 5) is 25.7. The quantitative estimate of drug-likeness (QED) is 0.559. The minimum Gasteiger partial charge on any atom is -0.490 e. The minimum atomic E-state index is -0.718. The average molecular weight is 439 g/mol. The molecule has 3 rings (SSSR count). The molecule has 2 aromatic rings. The first-order valence-corrected chi connectivity index (χ1v) is 10.9. The van der Waals surface area contributed by atoms with Gasteiger partial charge in [-0.15, -0.1) is 0 Å². The molecule has 170 valence electrons. The molecule has 0 fully saturated rings. The number of hydrogen-bond donors (Lipinski definition) is 2. The number of amides is 2. The minimum absolute atomic E-state index is 0.311. The molecule has 0 saturated carbocycles. The van der Waals surface area contributed by atoms with Gasteiger partial charge in [0.05, 0.1) is 36.6 Å². The summed E-state index contributed by atoms with van der Waals surface area (Å²) in [6.45, 7) is 8.52. The Labute approximate surface area is 188 Å². The van der Waals surface area contributed by atoms with Gasteiger partial charge in [0.25, 0.3) is 0 Å². The van der Waals surface area contributed by atoms with E-state index in [9.17, 15) is 9.59 Å². The molecule has 0 aliphatic carbocycles. The molecule has 7 heteroatoms. The third-order valence-corrected chi connectivity index (χ3v) is 4.76. The van der Waals surface area contributed by atoms with Gasteiger partial charge in [-0.25, -0.2) is 9.59 Å². The third kappa shape index (κ3) is 5.41. The average Bonchev–Trinajstić information content (AvgIpc) is 2.78. The molecule has 0 aromatic heterocycles. The highest BCUT2D eigenvalue weighted by Gasteiger charge is 2.35. The molecule has 32 heavy (non-hydrogen) atoms. The van der Waals surface area contributed by atoms with Crippen molar-refractivity contribution in [2.75, 3.05) is 13.2 Å². The van der Waals surface area contributed by atoms with Crippen molar-refractivity contribution in [1.82, 2.24) is 10.6 Å². The summed E-state index contributed by atoms with van der Waals surface area (Å²) in [6.07, 6.45) is 0.556. The molecule has 1 heterocycles.